The van der Waals surface area contributed by atoms with Crippen molar-refractivity contribution in [3.8, 4) is 0 Å². The third-order valence-electron chi connectivity index (χ3n) is 4.62. The quantitative estimate of drug-likeness (QED) is 0.863. The Bertz CT molecular complexity index is 621. The number of piperidine rings is 1. The Labute approximate surface area is 138 Å². The van der Waals surface area contributed by atoms with Crippen LogP contribution < -0.4 is 10.2 Å². The van der Waals surface area contributed by atoms with E-state index in [1.165, 1.54) is 12.0 Å². The molecule has 3 rings (SSSR count). The summed E-state index contributed by atoms with van der Waals surface area (Å²) >= 11 is 0. The predicted molar refractivity (Wildman–Crippen MR) is 94.2 cm³/mol. The minimum absolute atomic E-state index is 0.0993. The molecule has 2 aromatic rings. The van der Waals surface area contributed by atoms with E-state index in [1.54, 1.807) is 6.07 Å². The number of nitrogens with zero attached hydrogens (tertiary/aromatic N) is 1. The first-order chi connectivity index (χ1) is 11.2. The van der Waals surface area contributed by atoms with Crippen LogP contribution in [0, 0.1) is 5.82 Å². The third kappa shape index (κ3) is 4.11. The fourth-order valence-corrected chi connectivity index (χ4v) is 3.17. The number of rotatable bonds is 5. The second-order valence-corrected chi connectivity index (χ2v) is 6.35. The van der Waals surface area contributed by atoms with Crippen molar-refractivity contribution in [2.45, 2.75) is 38.8 Å². The molecule has 0 unspecified atom stereocenters. The van der Waals surface area contributed by atoms with Gasteiger partial charge in [0.05, 0.1) is 5.69 Å². The van der Waals surface area contributed by atoms with Crippen LogP contribution in [0.15, 0.2) is 48.5 Å². The van der Waals surface area contributed by atoms with Crippen molar-refractivity contribution in [1.29, 1.82) is 0 Å². The Kier molecular flexibility index (Phi) is 5.29. The maximum atomic E-state index is 14.5. The zero-order valence-corrected chi connectivity index (χ0v) is 13.8. The van der Waals surface area contributed by atoms with Crippen molar-refractivity contribution in [3.05, 3.63) is 65.5 Å². The van der Waals surface area contributed by atoms with Gasteiger partial charge in [-0.3, -0.25) is 0 Å². The van der Waals surface area contributed by atoms with Gasteiger partial charge < -0.3 is 10.2 Å². The van der Waals surface area contributed by atoms with E-state index in [0.717, 1.165) is 43.7 Å². The van der Waals surface area contributed by atoms with Crippen molar-refractivity contribution in [3.63, 3.8) is 0 Å². The van der Waals surface area contributed by atoms with Crippen LogP contribution in [0.4, 0.5) is 10.1 Å². The highest BCUT2D eigenvalue weighted by atomic mass is 19.1. The molecule has 1 fully saturated rings. The molecule has 122 valence electrons. The molecule has 0 radical (unpaired) electrons. The lowest BCUT2D eigenvalue weighted by Gasteiger charge is -2.29. The minimum atomic E-state index is -0.0993. The molecule has 1 saturated heterocycles. The maximum absolute atomic E-state index is 14.5. The van der Waals surface area contributed by atoms with Gasteiger partial charge in [-0.25, -0.2) is 4.39 Å². The SMILES string of the molecule is C[C@@H](NCc1ccccc1)c1ccc(N2CCCCC2)c(F)c1. The molecule has 1 aliphatic rings. The summed E-state index contributed by atoms with van der Waals surface area (Å²) in [5.41, 5.74) is 2.99. The van der Waals surface area contributed by atoms with E-state index in [0.29, 0.717) is 0 Å². The first kappa shape index (κ1) is 16.0. The highest BCUT2D eigenvalue weighted by Crippen LogP contribution is 2.26. The van der Waals surface area contributed by atoms with Crippen LogP contribution in [0.2, 0.25) is 0 Å². The summed E-state index contributed by atoms with van der Waals surface area (Å²) in [5.74, 6) is -0.0993. The Balaban J connectivity index is 1.64. The van der Waals surface area contributed by atoms with Gasteiger partial charge in [-0.15, -0.1) is 0 Å². The molecule has 0 saturated carbocycles. The molecule has 3 heteroatoms. The summed E-state index contributed by atoms with van der Waals surface area (Å²) in [6.07, 6.45) is 3.59. The Morgan fingerprint density at radius 1 is 1.04 bits per heavy atom. The summed E-state index contributed by atoms with van der Waals surface area (Å²) in [4.78, 5) is 2.17. The molecule has 1 atom stereocenters. The molecule has 1 aliphatic heterocycles. The van der Waals surface area contributed by atoms with Gasteiger partial charge in [0.25, 0.3) is 0 Å². The molecule has 1 heterocycles. The summed E-state index contributed by atoms with van der Waals surface area (Å²) in [7, 11) is 0. The second kappa shape index (κ2) is 7.60. The van der Waals surface area contributed by atoms with Crippen molar-refractivity contribution >= 4 is 5.69 Å². The van der Waals surface area contributed by atoms with Gasteiger partial charge in [0.15, 0.2) is 0 Å². The van der Waals surface area contributed by atoms with Crippen LogP contribution in [-0.4, -0.2) is 13.1 Å². The summed E-state index contributed by atoms with van der Waals surface area (Å²) in [6.45, 7) is 4.81. The van der Waals surface area contributed by atoms with Crippen LogP contribution in [-0.2, 0) is 6.54 Å². The fraction of sp³-hybridized carbons (Fsp3) is 0.400. The number of nitrogens with one attached hydrogen (secondary N) is 1. The second-order valence-electron chi connectivity index (χ2n) is 6.35. The number of anilines is 1. The van der Waals surface area contributed by atoms with Gasteiger partial charge in [0.1, 0.15) is 5.82 Å². The molecular formula is C20H25FN2. The van der Waals surface area contributed by atoms with Gasteiger partial charge in [-0.2, -0.15) is 0 Å². The first-order valence-corrected chi connectivity index (χ1v) is 8.56. The number of hydrogen-bond acceptors (Lipinski definition) is 2. The van der Waals surface area contributed by atoms with E-state index in [1.807, 2.05) is 24.3 Å². The number of halogens is 1. The molecule has 0 spiro atoms. The zero-order chi connectivity index (χ0) is 16.1. The summed E-state index contributed by atoms with van der Waals surface area (Å²) in [6, 6.07) is 16.1. The van der Waals surface area contributed by atoms with E-state index in [2.05, 4.69) is 35.3 Å². The number of benzene rings is 2. The van der Waals surface area contributed by atoms with Crippen molar-refractivity contribution < 1.29 is 4.39 Å². The molecule has 1 N–H and O–H groups in total. The average molecular weight is 312 g/mol. The van der Waals surface area contributed by atoms with E-state index in [4.69, 9.17) is 0 Å². The van der Waals surface area contributed by atoms with Crippen molar-refractivity contribution in [2.24, 2.45) is 0 Å². The highest BCUT2D eigenvalue weighted by Gasteiger charge is 2.16. The lowest BCUT2D eigenvalue weighted by Crippen LogP contribution is -2.30. The predicted octanol–water partition coefficient (Wildman–Crippen LogP) is 4.67. The topological polar surface area (TPSA) is 15.3 Å². The van der Waals surface area contributed by atoms with Gasteiger partial charge in [-0.05, 0) is 49.4 Å². The van der Waals surface area contributed by atoms with Crippen molar-refractivity contribution in [1.82, 2.24) is 5.32 Å². The Hall–Kier alpha value is -1.87. The smallest absolute Gasteiger partial charge is 0.146 e. The van der Waals surface area contributed by atoms with Gasteiger partial charge >= 0.3 is 0 Å². The average Bonchev–Trinajstić information content (AvgIpc) is 2.61. The summed E-state index contributed by atoms with van der Waals surface area (Å²) in [5, 5.41) is 3.46. The maximum Gasteiger partial charge on any atom is 0.146 e. The lowest BCUT2D eigenvalue weighted by atomic mass is 10.1. The standard InChI is InChI=1S/C20H25FN2/c1-16(22-15-17-8-4-2-5-9-17)18-10-11-20(19(21)14-18)23-12-6-3-7-13-23/h2,4-5,8-11,14,16,22H,3,6-7,12-13,15H2,1H3/t16-/m1/s1. The number of hydrogen-bond donors (Lipinski definition) is 1. The molecule has 0 aromatic heterocycles. The van der Waals surface area contributed by atoms with E-state index in [9.17, 15) is 4.39 Å². The summed E-state index contributed by atoms with van der Waals surface area (Å²) < 4.78 is 14.5. The monoisotopic (exact) mass is 312 g/mol. The molecule has 0 amide bonds. The van der Waals surface area contributed by atoms with Crippen LogP contribution in [0.5, 0.6) is 0 Å². The van der Waals surface area contributed by atoms with E-state index >= 15 is 0 Å². The Morgan fingerprint density at radius 3 is 2.48 bits per heavy atom. The fourth-order valence-electron chi connectivity index (χ4n) is 3.17. The molecular weight excluding hydrogens is 287 g/mol. The zero-order valence-electron chi connectivity index (χ0n) is 13.8. The van der Waals surface area contributed by atoms with Gasteiger partial charge in [-0.1, -0.05) is 36.4 Å². The molecule has 2 aromatic carbocycles. The van der Waals surface area contributed by atoms with E-state index in [-0.39, 0.29) is 11.9 Å². The lowest BCUT2D eigenvalue weighted by molar-refractivity contribution is 0.548. The molecule has 2 nitrogen and oxygen atoms in total. The Morgan fingerprint density at radius 2 is 1.78 bits per heavy atom. The van der Waals surface area contributed by atoms with Crippen molar-refractivity contribution in [2.75, 3.05) is 18.0 Å². The molecule has 0 aliphatic carbocycles. The molecule has 23 heavy (non-hydrogen) atoms. The minimum Gasteiger partial charge on any atom is -0.369 e. The largest absolute Gasteiger partial charge is 0.369 e. The van der Waals surface area contributed by atoms with Gasteiger partial charge in [0.2, 0.25) is 0 Å². The van der Waals surface area contributed by atoms with Crippen LogP contribution in [0.3, 0.4) is 0 Å². The normalized spacial score (nSPS) is 16.3. The third-order valence-corrected chi connectivity index (χ3v) is 4.62. The van der Waals surface area contributed by atoms with Crippen LogP contribution in [0.25, 0.3) is 0 Å². The van der Waals surface area contributed by atoms with Crippen LogP contribution in [0.1, 0.15) is 43.4 Å². The molecule has 0 bridgehead atoms. The van der Waals surface area contributed by atoms with Gasteiger partial charge in [0, 0.05) is 25.7 Å². The highest BCUT2D eigenvalue weighted by molar-refractivity contribution is 5.49. The van der Waals surface area contributed by atoms with E-state index < -0.39 is 0 Å². The van der Waals surface area contributed by atoms with Crippen LogP contribution >= 0.6 is 0 Å². The first-order valence-electron chi connectivity index (χ1n) is 8.56.